The highest BCUT2D eigenvalue weighted by Crippen LogP contribution is 2.31. The first-order valence-corrected chi connectivity index (χ1v) is 7.66. The first-order valence-electron chi connectivity index (χ1n) is 7.28. The van der Waals surface area contributed by atoms with Crippen molar-refractivity contribution in [2.75, 3.05) is 5.32 Å². The number of hydrogen-bond acceptors (Lipinski definition) is 1. The Morgan fingerprint density at radius 2 is 1.90 bits per heavy atom. The predicted molar refractivity (Wildman–Crippen MR) is 86.7 cm³/mol. The van der Waals surface area contributed by atoms with Gasteiger partial charge >= 0.3 is 0 Å². The molecule has 20 heavy (non-hydrogen) atoms. The molecule has 0 radical (unpaired) electrons. The molecule has 2 heteroatoms. The van der Waals surface area contributed by atoms with Gasteiger partial charge in [0.15, 0.2) is 0 Å². The summed E-state index contributed by atoms with van der Waals surface area (Å²) in [4.78, 5) is 0. The summed E-state index contributed by atoms with van der Waals surface area (Å²) < 4.78 is 0. The van der Waals surface area contributed by atoms with Crippen LogP contribution in [-0.2, 0) is 12.8 Å². The molecule has 2 aromatic carbocycles. The van der Waals surface area contributed by atoms with E-state index in [4.69, 9.17) is 11.6 Å². The van der Waals surface area contributed by atoms with Crippen molar-refractivity contribution < 1.29 is 0 Å². The highest BCUT2D eigenvalue weighted by molar-refractivity contribution is 6.33. The van der Waals surface area contributed by atoms with Crippen LogP contribution in [0.3, 0.4) is 0 Å². The number of rotatable bonds is 3. The van der Waals surface area contributed by atoms with Crippen LogP contribution >= 0.6 is 11.6 Å². The summed E-state index contributed by atoms with van der Waals surface area (Å²) in [5.41, 5.74) is 6.61. The summed E-state index contributed by atoms with van der Waals surface area (Å²) in [5.74, 6) is 0. The van der Waals surface area contributed by atoms with Crippen molar-refractivity contribution in [2.24, 2.45) is 0 Å². The molecular weight excluding hydrogens is 266 g/mol. The molecular formula is C18H20ClN. The minimum Gasteiger partial charge on any atom is -0.377 e. The highest BCUT2D eigenvalue weighted by atomic mass is 35.5. The summed E-state index contributed by atoms with van der Waals surface area (Å²) in [6.07, 6.45) is 3.76. The van der Waals surface area contributed by atoms with Crippen molar-refractivity contribution in [3.05, 3.63) is 63.7 Å². The Bertz CT molecular complexity index is 613. The number of benzene rings is 2. The summed E-state index contributed by atoms with van der Waals surface area (Å²) >= 11 is 6.29. The Morgan fingerprint density at radius 3 is 2.70 bits per heavy atom. The van der Waals surface area contributed by atoms with Crippen LogP contribution in [0.15, 0.2) is 36.4 Å². The topological polar surface area (TPSA) is 12.0 Å². The molecule has 104 valence electrons. The van der Waals surface area contributed by atoms with E-state index in [0.717, 1.165) is 10.7 Å². The van der Waals surface area contributed by atoms with Crippen LogP contribution in [0.1, 0.15) is 41.6 Å². The van der Waals surface area contributed by atoms with E-state index in [1.165, 1.54) is 41.5 Å². The Morgan fingerprint density at radius 1 is 1.10 bits per heavy atom. The van der Waals surface area contributed by atoms with Crippen molar-refractivity contribution >= 4 is 17.3 Å². The fraction of sp³-hybridized carbons (Fsp3) is 0.333. The largest absolute Gasteiger partial charge is 0.377 e. The fourth-order valence-corrected chi connectivity index (χ4v) is 3.25. The number of halogens is 1. The molecule has 0 amide bonds. The van der Waals surface area contributed by atoms with Crippen LogP contribution < -0.4 is 5.32 Å². The van der Waals surface area contributed by atoms with Crippen molar-refractivity contribution in [3.63, 3.8) is 0 Å². The van der Waals surface area contributed by atoms with Gasteiger partial charge in [0.2, 0.25) is 0 Å². The standard InChI is InChI=1S/C18H20ClN/c1-12-5-3-8-17(19)18(12)20-13(2)15-10-9-14-6-4-7-16(14)11-15/h3,5,8-11,13,20H,4,6-7H2,1-2H3. The zero-order chi connectivity index (χ0) is 14.1. The maximum atomic E-state index is 6.29. The van der Waals surface area contributed by atoms with Crippen LogP contribution in [0.25, 0.3) is 0 Å². The molecule has 1 N–H and O–H groups in total. The van der Waals surface area contributed by atoms with Crippen LogP contribution in [-0.4, -0.2) is 0 Å². The van der Waals surface area contributed by atoms with Gasteiger partial charge in [-0.2, -0.15) is 0 Å². The van der Waals surface area contributed by atoms with Crippen molar-refractivity contribution in [1.82, 2.24) is 0 Å². The molecule has 1 unspecified atom stereocenters. The average Bonchev–Trinajstić information content (AvgIpc) is 2.90. The van der Waals surface area contributed by atoms with E-state index >= 15 is 0 Å². The van der Waals surface area contributed by atoms with Crippen molar-refractivity contribution in [1.29, 1.82) is 0 Å². The van der Waals surface area contributed by atoms with Crippen LogP contribution in [0, 0.1) is 6.92 Å². The van der Waals surface area contributed by atoms with Gasteiger partial charge in [-0.15, -0.1) is 0 Å². The van der Waals surface area contributed by atoms with Crippen LogP contribution in [0.5, 0.6) is 0 Å². The molecule has 1 aliphatic rings. The van der Waals surface area contributed by atoms with E-state index in [1.54, 1.807) is 0 Å². The molecule has 1 nitrogen and oxygen atoms in total. The number of fused-ring (bicyclic) bond motifs is 1. The molecule has 0 spiro atoms. The van der Waals surface area contributed by atoms with Gasteiger partial charge in [0.1, 0.15) is 0 Å². The van der Waals surface area contributed by atoms with Gasteiger partial charge in [0.25, 0.3) is 0 Å². The Labute approximate surface area is 126 Å². The van der Waals surface area contributed by atoms with E-state index in [9.17, 15) is 0 Å². The maximum Gasteiger partial charge on any atom is 0.0640 e. The zero-order valence-electron chi connectivity index (χ0n) is 12.0. The fourth-order valence-electron chi connectivity index (χ4n) is 2.98. The molecule has 0 aromatic heterocycles. The average molecular weight is 286 g/mol. The summed E-state index contributed by atoms with van der Waals surface area (Å²) in [7, 11) is 0. The Kier molecular flexibility index (Phi) is 3.71. The number of nitrogens with one attached hydrogen (secondary N) is 1. The quantitative estimate of drug-likeness (QED) is 0.806. The van der Waals surface area contributed by atoms with Gasteiger partial charge < -0.3 is 5.32 Å². The lowest BCUT2D eigenvalue weighted by Crippen LogP contribution is -2.08. The molecule has 0 heterocycles. The molecule has 1 aliphatic carbocycles. The number of para-hydroxylation sites is 1. The molecule has 0 bridgehead atoms. The second kappa shape index (κ2) is 5.49. The first kappa shape index (κ1) is 13.5. The van der Waals surface area contributed by atoms with E-state index in [-0.39, 0.29) is 6.04 Å². The molecule has 2 aromatic rings. The predicted octanol–water partition coefficient (Wildman–Crippen LogP) is 5.31. The molecule has 3 rings (SSSR count). The summed E-state index contributed by atoms with van der Waals surface area (Å²) in [6.45, 7) is 4.28. The lowest BCUT2D eigenvalue weighted by atomic mass is 10.0. The zero-order valence-corrected chi connectivity index (χ0v) is 12.8. The van der Waals surface area contributed by atoms with E-state index in [2.05, 4.69) is 43.4 Å². The van der Waals surface area contributed by atoms with Crippen LogP contribution in [0.2, 0.25) is 5.02 Å². The molecule has 1 atom stereocenters. The first-order chi connectivity index (χ1) is 9.65. The third kappa shape index (κ3) is 2.55. The third-order valence-electron chi connectivity index (χ3n) is 4.21. The Balaban J connectivity index is 1.84. The van der Waals surface area contributed by atoms with Gasteiger partial charge in [-0.3, -0.25) is 0 Å². The SMILES string of the molecule is Cc1cccc(Cl)c1NC(C)c1ccc2c(c1)CCC2. The summed E-state index contributed by atoms with van der Waals surface area (Å²) in [5, 5.41) is 4.34. The Hall–Kier alpha value is -1.47. The van der Waals surface area contributed by atoms with E-state index in [1.807, 2.05) is 12.1 Å². The maximum absolute atomic E-state index is 6.29. The van der Waals surface area contributed by atoms with Gasteiger partial charge in [0.05, 0.1) is 10.7 Å². The highest BCUT2D eigenvalue weighted by Gasteiger charge is 2.14. The smallest absolute Gasteiger partial charge is 0.0640 e. The van der Waals surface area contributed by atoms with Crippen LogP contribution in [0.4, 0.5) is 5.69 Å². The molecule has 0 saturated heterocycles. The number of aryl methyl sites for hydroxylation is 3. The summed E-state index contributed by atoms with van der Waals surface area (Å²) in [6, 6.07) is 13.2. The second-order valence-electron chi connectivity index (χ2n) is 5.68. The van der Waals surface area contributed by atoms with E-state index in [0.29, 0.717) is 0 Å². The molecule has 0 fully saturated rings. The van der Waals surface area contributed by atoms with Gasteiger partial charge in [-0.1, -0.05) is 41.9 Å². The normalized spacial score (nSPS) is 14.9. The van der Waals surface area contributed by atoms with Crippen molar-refractivity contribution in [2.45, 2.75) is 39.2 Å². The van der Waals surface area contributed by atoms with Gasteiger partial charge in [-0.25, -0.2) is 0 Å². The van der Waals surface area contributed by atoms with E-state index < -0.39 is 0 Å². The minimum absolute atomic E-state index is 0.263. The number of anilines is 1. The third-order valence-corrected chi connectivity index (χ3v) is 4.52. The monoisotopic (exact) mass is 285 g/mol. The van der Waals surface area contributed by atoms with Crippen molar-refractivity contribution in [3.8, 4) is 0 Å². The van der Waals surface area contributed by atoms with Gasteiger partial charge in [-0.05, 0) is 61.4 Å². The lowest BCUT2D eigenvalue weighted by Gasteiger charge is -2.19. The lowest BCUT2D eigenvalue weighted by molar-refractivity contribution is 0.877. The number of hydrogen-bond donors (Lipinski definition) is 1. The molecule has 0 saturated carbocycles. The minimum atomic E-state index is 0.263. The van der Waals surface area contributed by atoms with Gasteiger partial charge in [0, 0.05) is 6.04 Å². The second-order valence-corrected chi connectivity index (χ2v) is 6.09. The molecule has 0 aliphatic heterocycles.